The number of rotatable bonds is 7. The van der Waals surface area contributed by atoms with Gasteiger partial charge < -0.3 is 4.43 Å². The van der Waals surface area contributed by atoms with Crippen molar-refractivity contribution in [2.75, 3.05) is 6.54 Å². The molecule has 0 radical (unpaired) electrons. The normalized spacial score (nSPS) is 29.4. The molecule has 1 saturated carbocycles. The van der Waals surface area contributed by atoms with Crippen LogP contribution >= 0.6 is 23.2 Å². The lowest BCUT2D eigenvalue weighted by Crippen LogP contribution is -2.51. The Balaban J connectivity index is 1.71. The van der Waals surface area contributed by atoms with Crippen molar-refractivity contribution in [2.24, 2.45) is 5.41 Å². The molecule has 1 saturated heterocycles. The van der Waals surface area contributed by atoms with Gasteiger partial charge in [0.25, 0.3) is 0 Å². The molecule has 0 N–H and O–H groups in total. The van der Waals surface area contributed by atoms with Gasteiger partial charge in [0.1, 0.15) is 0 Å². The van der Waals surface area contributed by atoms with Gasteiger partial charge in [0.15, 0.2) is 8.32 Å². The molecular formula is C32H45Cl2NOSi. The minimum Gasteiger partial charge on any atom is -0.414 e. The monoisotopic (exact) mass is 557 g/mol. The average molecular weight is 559 g/mol. The Kier molecular flexibility index (Phi) is 8.73. The van der Waals surface area contributed by atoms with Crippen LogP contribution in [0.2, 0.25) is 28.2 Å². The first-order valence-corrected chi connectivity index (χ1v) is 17.5. The van der Waals surface area contributed by atoms with Gasteiger partial charge in [0.05, 0.1) is 0 Å². The molecule has 2 aliphatic rings. The fourth-order valence-electron chi connectivity index (χ4n) is 6.37. The maximum Gasteiger partial charge on any atom is 0.192 e. The summed E-state index contributed by atoms with van der Waals surface area (Å²) < 4.78 is 6.93. The molecule has 5 heteroatoms. The van der Waals surface area contributed by atoms with Crippen LogP contribution in [0.1, 0.15) is 82.9 Å². The van der Waals surface area contributed by atoms with Crippen LogP contribution < -0.4 is 0 Å². The molecule has 2 aromatic rings. The number of benzene rings is 2. The molecule has 3 unspecified atom stereocenters. The Bertz CT molecular complexity index is 1080. The summed E-state index contributed by atoms with van der Waals surface area (Å²) in [5.41, 5.74) is 2.80. The van der Waals surface area contributed by atoms with E-state index >= 15 is 0 Å². The Hall–Kier alpha value is -1.10. The van der Waals surface area contributed by atoms with Gasteiger partial charge in [0.2, 0.25) is 0 Å². The molecule has 5 atom stereocenters. The third-order valence-corrected chi connectivity index (χ3v) is 14.3. The second-order valence-corrected chi connectivity index (χ2v) is 18.9. The topological polar surface area (TPSA) is 12.5 Å². The van der Waals surface area contributed by atoms with Gasteiger partial charge >= 0.3 is 0 Å². The van der Waals surface area contributed by atoms with E-state index in [4.69, 9.17) is 27.6 Å². The maximum atomic E-state index is 6.93. The van der Waals surface area contributed by atoms with Crippen molar-refractivity contribution in [2.45, 2.75) is 102 Å². The second-order valence-electron chi connectivity index (χ2n) is 13.3. The zero-order chi connectivity index (χ0) is 27.0. The van der Waals surface area contributed by atoms with E-state index in [1.165, 1.54) is 17.5 Å². The van der Waals surface area contributed by atoms with E-state index in [2.05, 4.69) is 88.7 Å². The zero-order valence-corrected chi connectivity index (χ0v) is 26.1. The van der Waals surface area contributed by atoms with Crippen molar-refractivity contribution >= 4 is 31.5 Å². The lowest BCUT2D eigenvalue weighted by molar-refractivity contribution is 0.000770. The Morgan fingerprint density at radius 3 is 2.38 bits per heavy atom. The van der Waals surface area contributed by atoms with Gasteiger partial charge in [-0.25, -0.2) is 0 Å². The molecule has 202 valence electrons. The standard InChI is InChI=1S/C32H45Cl2NOSi/c1-8-18-32(5)21-29(24-10-9-11-26(34)19-24)30(23-12-14-25(33)15-13-23)35(22-32)27-16-17-28(20-27)36-37(6,7)31(2,3)4/h8-15,19,27-30H,1,16-18,20-22H2,2-7H3/t27?,28?,29-,30-,32?/m1/s1. The number of piperidine rings is 1. The Morgan fingerprint density at radius 2 is 1.76 bits per heavy atom. The molecule has 4 rings (SSSR count). The van der Waals surface area contributed by atoms with Gasteiger partial charge in [-0.3, -0.25) is 4.90 Å². The van der Waals surface area contributed by atoms with Crippen LogP contribution in [0.25, 0.3) is 0 Å². The second kappa shape index (κ2) is 11.2. The van der Waals surface area contributed by atoms with Crippen LogP contribution in [0, 0.1) is 5.41 Å². The van der Waals surface area contributed by atoms with Gasteiger partial charge in [-0.05, 0) is 91.0 Å². The molecule has 0 aromatic heterocycles. The van der Waals surface area contributed by atoms with Crippen LogP contribution in [-0.2, 0) is 4.43 Å². The van der Waals surface area contributed by atoms with Gasteiger partial charge in [-0.2, -0.15) is 0 Å². The van der Waals surface area contributed by atoms with Crippen molar-refractivity contribution in [1.29, 1.82) is 0 Å². The summed E-state index contributed by atoms with van der Waals surface area (Å²) >= 11 is 12.9. The summed E-state index contributed by atoms with van der Waals surface area (Å²) in [4.78, 5) is 2.82. The van der Waals surface area contributed by atoms with Crippen molar-refractivity contribution in [3.8, 4) is 0 Å². The largest absolute Gasteiger partial charge is 0.414 e. The molecule has 37 heavy (non-hydrogen) atoms. The first-order chi connectivity index (χ1) is 17.3. The third kappa shape index (κ3) is 6.56. The van der Waals surface area contributed by atoms with E-state index < -0.39 is 8.32 Å². The highest BCUT2D eigenvalue weighted by Crippen LogP contribution is 2.53. The number of likely N-dealkylation sites (tertiary alicyclic amines) is 1. The van der Waals surface area contributed by atoms with Crippen molar-refractivity contribution in [3.05, 3.63) is 82.4 Å². The van der Waals surface area contributed by atoms with Crippen molar-refractivity contribution in [3.63, 3.8) is 0 Å². The molecular weight excluding hydrogens is 513 g/mol. The molecule has 1 heterocycles. The fourth-order valence-corrected chi connectivity index (χ4v) is 8.10. The van der Waals surface area contributed by atoms with E-state index in [1.54, 1.807) is 0 Å². The van der Waals surface area contributed by atoms with Crippen molar-refractivity contribution < 1.29 is 4.43 Å². The molecule has 2 fully saturated rings. The minimum absolute atomic E-state index is 0.149. The van der Waals surface area contributed by atoms with E-state index in [1.807, 2.05) is 18.2 Å². The SMILES string of the molecule is C=CCC1(C)C[C@H](c2cccc(Cl)c2)[C@@H](c2ccc(Cl)cc2)N(C2CCC(O[Si](C)(C)C(C)(C)C)C2)C1. The molecule has 1 aliphatic heterocycles. The van der Waals surface area contributed by atoms with Crippen LogP contribution in [0.5, 0.6) is 0 Å². The van der Waals surface area contributed by atoms with E-state index in [0.717, 1.165) is 42.3 Å². The summed E-state index contributed by atoms with van der Waals surface area (Å²) in [5, 5.41) is 1.81. The summed E-state index contributed by atoms with van der Waals surface area (Å²) in [6.07, 6.45) is 7.96. The van der Waals surface area contributed by atoms with E-state index in [9.17, 15) is 0 Å². The van der Waals surface area contributed by atoms with Crippen LogP contribution in [0.4, 0.5) is 0 Å². The predicted octanol–water partition coefficient (Wildman–Crippen LogP) is 10.0. The maximum absolute atomic E-state index is 6.93. The first kappa shape index (κ1) is 28.9. The number of hydrogen-bond acceptors (Lipinski definition) is 2. The Labute approximate surface area is 236 Å². The quantitative estimate of drug-likeness (QED) is 0.248. The van der Waals surface area contributed by atoms with Gasteiger partial charge in [0, 0.05) is 40.7 Å². The molecule has 0 amide bonds. The van der Waals surface area contributed by atoms with E-state index in [0.29, 0.717) is 18.1 Å². The molecule has 2 aromatic carbocycles. The molecule has 0 bridgehead atoms. The summed E-state index contributed by atoms with van der Waals surface area (Å²) in [5.74, 6) is 0.332. The zero-order valence-electron chi connectivity index (χ0n) is 23.6. The first-order valence-electron chi connectivity index (χ1n) is 13.9. The summed E-state index contributed by atoms with van der Waals surface area (Å²) in [6, 6.07) is 17.8. The van der Waals surface area contributed by atoms with Crippen molar-refractivity contribution in [1.82, 2.24) is 4.90 Å². The number of halogens is 2. The summed E-state index contributed by atoms with van der Waals surface area (Å²) in [7, 11) is -1.81. The lowest BCUT2D eigenvalue weighted by atomic mass is 9.67. The predicted molar refractivity (Wildman–Crippen MR) is 162 cm³/mol. The third-order valence-electron chi connectivity index (χ3n) is 9.23. The number of allylic oxidation sites excluding steroid dienone is 1. The van der Waals surface area contributed by atoms with Crippen LogP contribution in [0.3, 0.4) is 0 Å². The number of nitrogens with zero attached hydrogens (tertiary/aromatic N) is 1. The smallest absolute Gasteiger partial charge is 0.192 e. The minimum atomic E-state index is -1.81. The highest BCUT2D eigenvalue weighted by molar-refractivity contribution is 6.74. The number of hydrogen-bond donors (Lipinski definition) is 0. The average Bonchev–Trinajstić information content (AvgIpc) is 3.26. The highest BCUT2D eigenvalue weighted by atomic mass is 35.5. The molecule has 0 spiro atoms. The molecule has 1 aliphatic carbocycles. The summed E-state index contributed by atoms with van der Waals surface area (Å²) in [6.45, 7) is 19.4. The van der Waals surface area contributed by atoms with E-state index in [-0.39, 0.29) is 16.5 Å². The molecule has 2 nitrogen and oxygen atoms in total. The Morgan fingerprint density at radius 1 is 1.05 bits per heavy atom. The van der Waals surface area contributed by atoms with Gasteiger partial charge in [-0.1, -0.05) is 81.2 Å². The fraction of sp³-hybridized carbons (Fsp3) is 0.562. The lowest BCUT2D eigenvalue weighted by Gasteiger charge is -2.52. The highest BCUT2D eigenvalue weighted by Gasteiger charge is 2.48. The van der Waals surface area contributed by atoms with Gasteiger partial charge in [-0.15, -0.1) is 6.58 Å². The van der Waals surface area contributed by atoms with Crippen LogP contribution in [-0.4, -0.2) is 31.9 Å². The van der Waals surface area contributed by atoms with Crippen LogP contribution in [0.15, 0.2) is 61.2 Å².